The molecule has 5 nitrogen and oxygen atoms in total. The molecule has 0 saturated heterocycles. The van der Waals surface area contributed by atoms with Crippen LogP contribution in [0, 0.1) is 5.41 Å². The highest BCUT2D eigenvalue weighted by atomic mass is 16.4. The fourth-order valence-electron chi connectivity index (χ4n) is 1.54. The highest BCUT2D eigenvalue weighted by molar-refractivity contribution is 5.82. The van der Waals surface area contributed by atoms with E-state index in [0.717, 1.165) is 0 Å². The van der Waals surface area contributed by atoms with E-state index >= 15 is 0 Å². The summed E-state index contributed by atoms with van der Waals surface area (Å²) in [7, 11) is 0. The maximum atomic E-state index is 12.2. The van der Waals surface area contributed by atoms with Crippen LogP contribution in [0.5, 0.6) is 0 Å². The summed E-state index contributed by atoms with van der Waals surface area (Å²) in [6.45, 7) is 7.22. The van der Waals surface area contributed by atoms with Gasteiger partial charge in [-0.1, -0.05) is 27.7 Å². The van der Waals surface area contributed by atoms with Crippen molar-refractivity contribution in [2.24, 2.45) is 5.41 Å². The summed E-state index contributed by atoms with van der Waals surface area (Å²) in [5, 5.41) is 17.9. The molecule has 0 aromatic heterocycles. The second-order valence-electron chi connectivity index (χ2n) is 5.14. The van der Waals surface area contributed by atoms with Crippen molar-refractivity contribution in [1.82, 2.24) is 4.90 Å². The van der Waals surface area contributed by atoms with Crippen LogP contribution in [-0.4, -0.2) is 46.2 Å². The van der Waals surface area contributed by atoms with E-state index in [1.54, 1.807) is 20.8 Å². The van der Waals surface area contributed by atoms with Gasteiger partial charge in [0.15, 0.2) is 0 Å². The third kappa shape index (κ3) is 5.17. The first kappa shape index (κ1) is 15.9. The Morgan fingerprint density at radius 3 is 2.12 bits per heavy atom. The minimum Gasteiger partial charge on any atom is -0.481 e. The lowest BCUT2D eigenvalue weighted by molar-refractivity contribution is -0.145. The van der Waals surface area contributed by atoms with Crippen molar-refractivity contribution in [2.45, 2.75) is 46.6 Å². The molecule has 1 amide bonds. The molecule has 0 aliphatic carbocycles. The number of aliphatic hydroxyl groups is 1. The molecule has 0 heterocycles. The van der Waals surface area contributed by atoms with E-state index in [0.29, 0.717) is 6.42 Å². The summed E-state index contributed by atoms with van der Waals surface area (Å²) in [5.74, 6) is -1.07. The number of aliphatic carboxylic acids is 1. The normalized spacial score (nSPS) is 13.2. The Kier molecular flexibility index (Phi) is 6.16. The number of carbonyl (C=O) groups excluding carboxylic acids is 1. The molecule has 17 heavy (non-hydrogen) atoms. The van der Waals surface area contributed by atoms with Crippen molar-refractivity contribution >= 4 is 11.9 Å². The van der Waals surface area contributed by atoms with Gasteiger partial charge in [-0.25, -0.2) is 0 Å². The van der Waals surface area contributed by atoms with Gasteiger partial charge >= 0.3 is 5.97 Å². The van der Waals surface area contributed by atoms with E-state index in [4.69, 9.17) is 5.11 Å². The maximum absolute atomic E-state index is 12.2. The molecule has 5 heteroatoms. The molecule has 0 aliphatic rings. The Bertz CT molecular complexity index is 266. The van der Waals surface area contributed by atoms with E-state index in [2.05, 4.69) is 0 Å². The zero-order valence-corrected chi connectivity index (χ0v) is 11.1. The minimum absolute atomic E-state index is 0.0989. The van der Waals surface area contributed by atoms with Crippen LogP contribution in [0.15, 0.2) is 0 Å². The maximum Gasteiger partial charge on any atom is 0.305 e. The zero-order valence-electron chi connectivity index (χ0n) is 11.1. The number of aliphatic hydroxyl groups excluding tert-OH is 1. The van der Waals surface area contributed by atoms with E-state index in [-0.39, 0.29) is 31.5 Å². The first-order chi connectivity index (χ1) is 7.73. The molecule has 0 aromatic rings. The highest BCUT2D eigenvalue weighted by Gasteiger charge is 2.31. The average molecular weight is 245 g/mol. The third-order valence-electron chi connectivity index (χ3n) is 2.59. The Balaban J connectivity index is 4.83. The van der Waals surface area contributed by atoms with Crippen LogP contribution in [0.3, 0.4) is 0 Å². The van der Waals surface area contributed by atoms with Crippen molar-refractivity contribution in [3.8, 4) is 0 Å². The van der Waals surface area contributed by atoms with Crippen LogP contribution in [0.4, 0.5) is 0 Å². The van der Waals surface area contributed by atoms with Crippen molar-refractivity contribution in [3.63, 3.8) is 0 Å². The SMILES string of the molecule is CCC(CO)N(CCC(=O)O)C(=O)C(C)(C)C. The molecule has 100 valence electrons. The van der Waals surface area contributed by atoms with Crippen molar-refractivity contribution in [2.75, 3.05) is 13.2 Å². The molecule has 0 aliphatic heterocycles. The van der Waals surface area contributed by atoms with Gasteiger partial charge in [-0.3, -0.25) is 9.59 Å². The Hall–Kier alpha value is -1.10. The van der Waals surface area contributed by atoms with Crippen molar-refractivity contribution < 1.29 is 19.8 Å². The van der Waals surface area contributed by atoms with Crippen molar-refractivity contribution in [3.05, 3.63) is 0 Å². The van der Waals surface area contributed by atoms with Gasteiger partial charge in [0.1, 0.15) is 0 Å². The van der Waals surface area contributed by atoms with Crippen LogP contribution in [0.25, 0.3) is 0 Å². The zero-order chi connectivity index (χ0) is 13.6. The van der Waals surface area contributed by atoms with Gasteiger partial charge in [-0.2, -0.15) is 0 Å². The van der Waals surface area contributed by atoms with Gasteiger partial charge in [0.25, 0.3) is 0 Å². The molecule has 1 atom stereocenters. The average Bonchev–Trinajstić information content (AvgIpc) is 2.21. The van der Waals surface area contributed by atoms with Crippen LogP contribution in [0.2, 0.25) is 0 Å². The number of hydrogen-bond donors (Lipinski definition) is 2. The van der Waals surface area contributed by atoms with Gasteiger partial charge in [-0.05, 0) is 6.42 Å². The lowest BCUT2D eigenvalue weighted by Crippen LogP contribution is -2.48. The monoisotopic (exact) mass is 245 g/mol. The van der Waals surface area contributed by atoms with Gasteiger partial charge in [0.05, 0.1) is 19.1 Å². The first-order valence-corrected chi connectivity index (χ1v) is 5.87. The fraction of sp³-hybridized carbons (Fsp3) is 0.833. The Labute approximate surface area is 102 Å². The van der Waals surface area contributed by atoms with E-state index in [1.807, 2.05) is 6.92 Å². The quantitative estimate of drug-likeness (QED) is 0.734. The van der Waals surface area contributed by atoms with Crippen LogP contribution >= 0.6 is 0 Å². The van der Waals surface area contributed by atoms with Crippen LogP contribution in [0.1, 0.15) is 40.5 Å². The number of rotatable bonds is 6. The van der Waals surface area contributed by atoms with Crippen LogP contribution in [-0.2, 0) is 9.59 Å². The molecule has 2 N–H and O–H groups in total. The number of amides is 1. The second kappa shape index (κ2) is 6.59. The second-order valence-corrected chi connectivity index (χ2v) is 5.14. The molecular formula is C12H23NO4. The number of hydrogen-bond acceptors (Lipinski definition) is 3. The lowest BCUT2D eigenvalue weighted by atomic mass is 9.93. The van der Waals surface area contributed by atoms with Crippen molar-refractivity contribution in [1.29, 1.82) is 0 Å². The predicted molar refractivity (Wildman–Crippen MR) is 64.6 cm³/mol. The third-order valence-corrected chi connectivity index (χ3v) is 2.59. The molecule has 0 rings (SSSR count). The summed E-state index contributed by atoms with van der Waals surface area (Å²) in [4.78, 5) is 24.2. The molecule has 0 bridgehead atoms. The molecular weight excluding hydrogens is 222 g/mol. The highest BCUT2D eigenvalue weighted by Crippen LogP contribution is 2.20. The summed E-state index contributed by atoms with van der Waals surface area (Å²) in [6, 6.07) is -0.305. The number of nitrogens with zero attached hydrogens (tertiary/aromatic N) is 1. The van der Waals surface area contributed by atoms with E-state index in [1.165, 1.54) is 4.90 Å². The summed E-state index contributed by atoms with van der Waals surface area (Å²) in [6.07, 6.45) is 0.510. The standard InChI is InChI=1S/C12H23NO4/c1-5-9(8-14)13(7-6-10(15)16)11(17)12(2,3)4/h9,14H,5-8H2,1-4H3,(H,15,16). The summed E-state index contributed by atoms with van der Waals surface area (Å²) in [5.41, 5.74) is -0.568. The van der Waals surface area contributed by atoms with Gasteiger partial charge < -0.3 is 15.1 Å². The number of carboxylic acid groups (broad SMARTS) is 1. The van der Waals surface area contributed by atoms with E-state index in [9.17, 15) is 14.7 Å². The fourth-order valence-corrected chi connectivity index (χ4v) is 1.54. The van der Waals surface area contributed by atoms with E-state index < -0.39 is 11.4 Å². The van der Waals surface area contributed by atoms with Crippen LogP contribution < -0.4 is 0 Å². The minimum atomic E-state index is -0.940. The molecule has 0 saturated carbocycles. The topological polar surface area (TPSA) is 77.8 Å². The smallest absolute Gasteiger partial charge is 0.305 e. The molecule has 1 unspecified atom stereocenters. The molecule has 0 aromatic carbocycles. The molecule has 0 fully saturated rings. The molecule has 0 radical (unpaired) electrons. The summed E-state index contributed by atoms with van der Waals surface area (Å²) >= 11 is 0. The van der Waals surface area contributed by atoms with Gasteiger partial charge in [0.2, 0.25) is 5.91 Å². The lowest BCUT2D eigenvalue weighted by Gasteiger charge is -2.34. The summed E-state index contributed by atoms with van der Waals surface area (Å²) < 4.78 is 0. The van der Waals surface area contributed by atoms with Gasteiger partial charge in [0, 0.05) is 12.0 Å². The molecule has 0 spiro atoms. The van der Waals surface area contributed by atoms with Gasteiger partial charge in [-0.15, -0.1) is 0 Å². The number of carbonyl (C=O) groups is 2. The number of carboxylic acids is 1. The largest absolute Gasteiger partial charge is 0.481 e. The Morgan fingerprint density at radius 2 is 1.82 bits per heavy atom. The predicted octanol–water partition coefficient (Wildman–Crippen LogP) is 1.11. The first-order valence-electron chi connectivity index (χ1n) is 5.87. The Morgan fingerprint density at radius 1 is 1.29 bits per heavy atom.